The van der Waals surface area contributed by atoms with Gasteiger partial charge in [-0.2, -0.15) is 0 Å². The van der Waals surface area contributed by atoms with Crippen molar-refractivity contribution in [3.8, 4) is 5.75 Å². The highest BCUT2D eigenvalue weighted by Gasteiger charge is 2.18. The molecule has 0 aliphatic carbocycles. The summed E-state index contributed by atoms with van der Waals surface area (Å²) in [6, 6.07) is 12.8. The van der Waals surface area contributed by atoms with Crippen LogP contribution in [0.3, 0.4) is 0 Å². The monoisotopic (exact) mass is 428 g/mol. The highest BCUT2D eigenvalue weighted by molar-refractivity contribution is 9.10. The number of ether oxygens (including phenoxy) is 1. The summed E-state index contributed by atoms with van der Waals surface area (Å²) < 4.78 is 8.07. The van der Waals surface area contributed by atoms with Gasteiger partial charge in [0.2, 0.25) is 5.43 Å². The van der Waals surface area contributed by atoms with Crippen molar-refractivity contribution < 1.29 is 9.53 Å². The van der Waals surface area contributed by atoms with Crippen molar-refractivity contribution in [3.05, 3.63) is 74.5 Å². The molecule has 0 fully saturated rings. The van der Waals surface area contributed by atoms with Crippen molar-refractivity contribution in [2.24, 2.45) is 0 Å². The molecular weight excluding hydrogens is 408 g/mol. The van der Waals surface area contributed by atoms with E-state index < -0.39 is 0 Å². The molecule has 2 aromatic carbocycles. The second-order valence-electron chi connectivity index (χ2n) is 6.29. The minimum Gasteiger partial charge on any atom is -0.497 e. The number of carbonyl (C=O) groups excluding carboxylic acids is 1. The first-order valence-corrected chi connectivity index (χ1v) is 9.51. The van der Waals surface area contributed by atoms with Gasteiger partial charge in [-0.15, -0.1) is 0 Å². The van der Waals surface area contributed by atoms with Crippen molar-refractivity contribution in [3.63, 3.8) is 0 Å². The number of fused-ring (bicyclic) bond motifs is 1. The molecule has 27 heavy (non-hydrogen) atoms. The average molecular weight is 429 g/mol. The highest BCUT2D eigenvalue weighted by atomic mass is 79.9. The summed E-state index contributed by atoms with van der Waals surface area (Å²) in [5.74, 6) is 0.196. The molecule has 3 aromatic rings. The van der Waals surface area contributed by atoms with Crippen molar-refractivity contribution in [1.29, 1.82) is 0 Å². The lowest BCUT2D eigenvalue weighted by atomic mass is 10.1. The second-order valence-corrected chi connectivity index (χ2v) is 7.21. The molecule has 0 spiro atoms. The summed E-state index contributed by atoms with van der Waals surface area (Å²) >= 11 is 3.43. The van der Waals surface area contributed by atoms with Crippen LogP contribution in [0.25, 0.3) is 10.9 Å². The van der Waals surface area contributed by atoms with E-state index in [1.807, 2.05) is 54.8 Å². The Morgan fingerprint density at radius 3 is 2.70 bits per heavy atom. The number of aromatic nitrogens is 1. The van der Waals surface area contributed by atoms with Crippen LogP contribution >= 0.6 is 15.9 Å². The predicted molar refractivity (Wildman–Crippen MR) is 110 cm³/mol. The number of hydrogen-bond donors (Lipinski definition) is 1. The van der Waals surface area contributed by atoms with Gasteiger partial charge < -0.3 is 14.6 Å². The maximum absolute atomic E-state index is 12.9. The highest BCUT2D eigenvalue weighted by Crippen LogP contribution is 2.20. The Kier molecular flexibility index (Phi) is 5.65. The first kappa shape index (κ1) is 19.2. The van der Waals surface area contributed by atoms with E-state index >= 15 is 0 Å². The number of benzene rings is 2. The number of aryl methyl sites for hydroxylation is 1. The number of nitrogens with zero attached hydrogens (tertiary/aromatic N) is 1. The van der Waals surface area contributed by atoms with Crippen LogP contribution in [0.4, 0.5) is 0 Å². The molecule has 1 amide bonds. The Hall–Kier alpha value is -2.60. The van der Waals surface area contributed by atoms with Crippen LogP contribution in [0.1, 0.15) is 35.8 Å². The van der Waals surface area contributed by atoms with Crippen LogP contribution in [0, 0.1) is 0 Å². The Morgan fingerprint density at radius 1 is 1.26 bits per heavy atom. The van der Waals surface area contributed by atoms with Crippen LogP contribution in [0.15, 0.2) is 57.9 Å². The van der Waals surface area contributed by atoms with Crippen LogP contribution in [0.2, 0.25) is 0 Å². The van der Waals surface area contributed by atoms with Crippen LogP contribution in [0.5, 0.6) is 5.75 Å². The van der Waals surface area contributed by atoms with E-state index in [4.69, 9.17) is 4.74 Å². The van der Waals surface area contributed by atoms with Crippen molar-refractivity contribution in [2.45, 2.75) is 26.4 Å². The lowest BCUT2D eigenvalue weighted by Gasteiger charge is -2.16. The number of hydrogen-bond acceptors (Lipinski definition) is 3. The third kappa shape index (κ3) is 3.90. The van der Waals surface area contributed by atoms with Gasteiger partial charge in [0.15, 0.2) is 0 Å². The van der Waals surface area contributed by atoms with Gasteiger partial charge in [-0.25, -0.2) is 0 Å². The van der Waals surface area contributed by atoms with Crippen LogP contribution < -0.4 is 15.5 Å². The quantitative estimate of drug-likeness (QED) is 0.659. The number of halogens is 1. The van der Waals surface area contributed by atoms with E-state index in [1.165, 1.54) is 0 Å². The maximum Gasteiger partial charge on any atom is 0.257 e. The molecule has 0 saturated carbocycles. The van der Waals surface area contributed by atoms with Gasteiger partial charge in [-0.3, -0.25) is 9.59 Å². The SMILES string of the molecule is CCn1cc(C(=O)N[C@H](C)c2cccc(Br)c2)c(=O)c2cc(OC)ccc21. The molecular formula is C21H21BrN2O3. The molecule has 0 unspecified atom stereocenters. The largest absolute Gasteiger partial charge is 0.497 e. The smallest absolute Gasteiger partial charge is 0.257 e. The van der Waals surface area contributed by atoms with Gasteiger partial charge in [0.1, 0.15) is 11.3 Å². The van der Waals surface area contributed by atoms with Gasteiger partial charge in [-0.1, -0.05) is 28.1 Å². The number of amides is 1. The Bertz CT molecular complexity index is 1060. The van der Waals surface area contributed by atoms with Gasteiger partial charge in [0.25, 0.3) is 5.91 Å². The molecule has 1 atom stereocenters. The van der Waals surface area contributed by atoms with Gasteiger partial charge in [0, 0.05) is 17.2 Å². The average Bonchev–Trinajstić information content (AvgIpc) is 2.68. The number of nitrogens with one attached hydrogen (secondary N) is 1. The fourth-order valence-electron chi connectivity index (χ4n) is 3.06. The molecule has 0 radical (unpaired) electrons. The van der Waals surface area contributed by atoms with E-state index in [0.29, 0.717) is 17.7 Å². The molecule has 0 aliphatic heterocycles. The Labute approximate surface area is 166 Å². The third-order valence-corrected chi connectivity index (χ3v) is 5.06. The minimum absolute atomic E-state index is 0.124. The van der Waals surface area contributed by atoms with Gasteiger partial charge in [-0.05, 0) is 49.7 Å². The molecule has 1 heterocycles. The first-order valence-electron chi connectivity index (χ1n) is 8.72. The summed E-state index contributed by atoms with van der Waals surface area (Å²) in [6.07, 6.45) is 1.63. The predicted octanol–water partition coefficient (Wildman–Crippen LogP) is 4.28. The summed E-state index contributed by atoms with van der Waals surface area (Å²) in [4.78, 5) is 25.8. The van der Waals surface area contributed by atoms with Gasteiger partial charge in [0.05, 0.1) is 24.1 Å². The molecule has 1 aromatic heterocycles. The van der Waals surface area contributed by atoms with Gasteiger partial charge >= 0.3 is 0 Å². The summed E-state index contributed by atoms with van der Waals surface area (Å²) in [6.45, 7) is 4.51. The van der Waals surface area contributed by atoms with E-state index in [1.54, 1.807) is 19.4 Å². The van der Waals surface area contributed by atoms with E-state index in [0.717, 1.165) is 15.6 Å². The molecule has 0 bridgehead atoms. The lowest BCUT2D eigenvalue weighted by molar-refractivity contribution is 0.0938. The first-order chi connectivity index (χ1) is 12.9. The summed E-state index contributed by atoms with van der Waals surface area (Å²) in [5, 5.41) is 3.39. The van der Waals surface area contributed by atoms with Crippen molar-refractivity contribution in [2.75, 3.05) is 7.11 Å². The number of methoxy groups -OCH3 is 1. The Morgan fingerprint density at radius 2 is 2.04 bits per heavy atom. The molecule has 1 N–H and O–H groups in total. The summed E-state index contributed by atoms with van der Waals surface area (Å²) in [7, 11) is 1.55. The standard InChI is InChI=1S/C21H21BrN2O3/c1-4-24-12-18(20(25)17-11-16(27-3)8-9-19(17)24)21(26)23-13(2)14-6-5-7-15(22)10-14/h5-13H,4H2,1-3H3,(H,23,26)/t13-/m1/s1. The normalized spacial score (nSPS) is 12.0. The van der Waals surface area contributed by atoms with E-state index in [2.05, 4.69) is 21.2 Å². The van der Waals surface area contributed by atoms with Crippen molar-refractivity contribution >= 4 is 32.7 Å². The molecule has 3 rings (SSSR count). The minimum atomic E-state index is -0.389. The van der Waals surface area contributed by atoms with E-state index in [9.17, 15) is 9.59 Å². The lowest BCUT2D eigenvalue weighted by Crippen LogP contribution is -2.31. The Balaban J connectivity index is 2.01. The number of carbonyl (C=O) groups is 1. The topological polar surface area (TPSA) is 60.3 Å². The van der Waals surface area contributed by atoms with E-state index in [-0.39, 0.29) is 22.9 Å². The fraction of sp³-hybridized carbons (Fsp3) is 0.238. The maximum atomic E-state index is 12.9. The summed E-state index contributed by atoms with van der Waals surface area (Å²) in [5.41, 5.74) is 1.56. The van der Waals surface area contributed by atoms with Crippen LogP contribution in [-0.2, 0) is 6.54 Å². The second kappa shape index (κ2) is 7.96. The zero-order chi connectivity index (χ0) is 19.6. The number of rotatable bonds is 5. The third-order valence-electron chi connectivity index (χ3n) is 4.57. The number of pyridine rings is 1. The molecule has 6 heteroatoms. The van der Waals surface area contributed by atoms with Crippen molar-refractivity contribution in [1.82, 2.24) is 9.88 Å². The zero-order valence-electron chi connectivity index (χ0n) is 15.5. The zero-order valence-corrected chi connectivity index (χ0v) is 17.0. The molecule has 0 aliphatic rings. The fourth-order valence-corrected chi connectivity index (χ4v) is 3.48. The van der Waals surface area contributed by atoms with Crippen LogP contribution in [-0.4, -0.2) is 17.6 Å². The molecule has 140 valence electrons. The molecule has 0 saturated heterocycles. The molecule has 5 nitrogen and oxygen atoms in total.